The molecule has 0 bridgehead atoms. The van der Waals surface area contributed by atoms with E-state index in [4.69, 9.17) is 38.3 Å². The molecular weight excluding hydrogens is 428 g/mol. The van der Waals surface area contributed by atoms with Gasteiger partial charge in [0.05, 0.1) is 6.61 Å². The molecule has 2 aliphatic heterocycles. The summed E-state index contributed by atoms with van der Waals surface area (Å²) in [6, 6.07) is 0. The van der Waals surface area contributed by atoms with Gasteiger partial charge in [0.1, 0.15) is 6.10 Å². The van der Waals surface area contributed by atoms with Crippen LogP contribution >= 0.6 is 0 Å². The van der Waals surface area contributed by atoms with Gasteiger partial charge in [-0.1, -0.05) is 7.43 Å². The van der Waals surface area contributed by atoms with Gasteiger partial charge in [-0.25, -0.2) is 4.79 Å². The minimum atomic E-state index is -1.07. The Morgan fingerprint density at radius 2 is 1.50 bits per heavy atom. The van der Waals surface area contributed by atoms with Crippen molar-refractivity contribution < 1.29 is 52.6 Å². The Morgan fingerprint density at radius 1 is 1.03 bits per heavy atom. The van der Waals surface area contributed by atoms with E-state index in [2.05, 4.69) is 0 Å². The highest BCUT2D eigenvalue weighted by Crippen LogP contribution is 2.35. The molecular formula is C21H36O11. The zero-order valence-corrected chi connectivity index (χ0v) is 19.1. The fourth-order valence-corrected chi connectivity index (χ4v) is 2.65. The predicted molar refractivity (Wildman–Crippen MR) is 111 cm³/mol. The van der Waals surface area contributed by atoms with Crippen LogP contribution in [-0.4, -0.2) is 66.3 Å². The highest BCUT2D eigenvalue weighted by atomic mass is 16.8. The fourth-order valence-electron chi connectivity index (χ4n) is 2.65. The smallest absolute Gasteiger partial charge is 0.378 e. The molecule has 0 saturated carbocycles. The monoisotopic (exact) mass is 464 g/mol. The Bertz CT molecular complexity index is 680. The van der Waals surface area contributed by atoms with Crippen molar-refractivity contribution in [2.75, 3.05) is 6.61 Å². The van der Waals surface area contributed by atoms with E-state index in [0.717, 1.165) is 0 Å². The summed E-state index contributed by atoms with van der Waals surface area (Å²) in [5.74, 6) is -3.16. The molecule has 186 valence electrons. The first kappa shape index (κ1) is 29.6. The van der Waals surface area contributed by atoms with Gasteiger partial charge >= 0.3 is 17.9 Å². The van der Waals surface area contributed by atoms with Crippen molar-refractivity contribution in [3.63, 3.8) is 0 Å². The quantitative estimate of drug-likeness (QED) is 0.337. The third kappa shape index (κ3) is 9.84. The first-order chi connectivity index (χ1) is 14.2. The number of cyclic esters (lactones) is 1. The van der Waals surface area contributed by atoms with Gasteiger partial charge in [-0.2, -0.15) is 0 Å². The van der Waals surface area contributed by atoms with Crippen LogP contribution < -0.4 is 0 Å². The van der Waals surface area contributed by atoms with Crippen LogP contribution in [0.4, 0.5) is 0 Å². The molecule has 0 spiro atoms. The fraction of sp³-hybridized carbons (Fsp3) is 0.762. The Morgan fingerprint density at radius 3 is 1.91 bits per heavy atom. The predicted octanol–water partition coefficient (Wildman–Crippen LogP) is 2.15. The highest BCUT2D eigenvalue weighted by molar-refractivity contribution is 5.89. The highest BCUT2D eigenvalue weighted by Gasteiger charge is 2.49. The second-order valence-electron chi connectivity index (χ2n) is 7.57. The van der Waals surface area contributed by atoms with Gasteiger partial charge in [0.15, 0.2) is 17.7 Å². The van der Waals surface area contributed by atoms with Gasteiger partial charge in [0, 0.05) is 33.8 Å². The van der Waals surface area contributed by atoms with E-state index in [0.29, 0.717) is 0 Å². The third-order valence-corrected chi connectivity index (χ3v) is 3.51. The molecule has 2 aliphatic rings. The van der Waals surface area contributed by atoms with E-state index >= 15 is 0 Å². The van der Waals surface area contributed by atoms with E-state index in [1.54, 1.807) is 27.7 Å². The van der Waals surface area contributed by atoms with Crippen LogP contribution in [0.1, 0.15) is 62.8 Å². The van der Waals surface area contributed by atoms with Crippen LogP contribution in [0.2, 0.25) is 0 Å². The number of ether oxygens (including phenoxy) is 7. The first-order valence-corrected chi connectivity index (χ1v) is 9.84. The van der Waals surface area contributed by atoms with Crippen molar-refractivity contribution in [1.29, 1.82) is 0 Å². The molecule has 2 heterocycles. The zero-order valence-electron chi connectivity index (χ0n) is 19.1. The van der Waals surface area contributed by atoms with E-state index < -0.39 is 48.5 Å². The first-order valence-electron chi connectivity index (χ1n) is 9.84. The largest absolute Gasteiger partial charge is 0.451 e. The second-order valence-corrected chi connectivity index (χ2v) is 7.57. The SMILES string of the molecule is C.CC(=O)OC(C)OC1=C(OC(C)OC(C)=O)C(C2COC(C)(C)O2)OC1=O.CC(C)O. The molecule has 0 amide bonds. The van der Waals surface area contributed by atoms with Gasteiger partial charge in [-0.15, -0.1) is 0 Å². The molecule has 0 aliphatic carbocycles. The summed E-state index contributed by atoms with van der Waals surface area (Å²) in [7, 11) is 0. The van der Waals surface area contributed by atoms with Gasteiger partial charge < -0.3 is 38.3 Å². The molecule has 4 unspecified atom stereocenters. The lowest BCUT2D eigenvalue weighted by atomic mass is 10.2. The summed E-state index contributed by atoms with van der Waals surface area (Å²) in [6.45, 7) is 12.4. The molecule has 1 N–H and O–H groups in total. The number of aliphatic hydroxyl groups is 1. The lowest BCUT2D eigenvalue weighted by Crippen LogP contribution is -2.34. The number of carbonyl (C=O) groups excluding carboxylic acids is 3. The lowest BCUT2D eigenvalue weighted by Gasteiger charge is -2.23. The Balaban J connectivity index is 0.00000177. The maximum Gasteiger partial charge on any atom is 0.378 e. The summed E-state index contributed by atoms with van der Waals surface area (Å²) in [5, 5.41) is 8.06. The van der Waals surface area contributed by atoms with Crippen LogP contribution in [0.5, 0.6) is 0 Å². The number of hydrogen-bond donors (Lipinski definition) is 1. The number of aliphatic hydroxyl groups excluding tert-OH is 1. The maximum absolute atomic E-state index is 12.3. The second kappa shape index (κ2) is 12.6. The minimum Gasteiger partial charge on any atom is -0.451 e. The molecule has 0 aromatic rings. The number of rotatable bonds is 7. The molecule has 4 atom stereocenters. The van der Waals surface area contributed by atoms with Gasteiger partial charge in [0.2, 0.25) is 12.6 Å². The minimum absolute atomic E-state index is 0. The maximum atomic E-state index is 12.3. The van der Waals surface area contributed by atoms with Crippen LogP contribution in [0.25, 0.3) is 0 Å². The van der Waals surface area contributed by atoms with Crippen molar-refractivity contribution in [3.05, 3.63) is 11.5 Å². The van der Waals surface area contributed by atoms with Crippen molar-refractivity contribution >= 4 is 17.9 Å². The van der Waals surface area contributed by atoms with Crippen molar-refractivity contribution in [2.45, 2.75) is 99.5 Å². The number of hydrogen-bond acceptors (Lipinski definition) is 11. The average Bonchev–Trinajstić information content (AvgIpc) is 3.06. The summed E-state index contributed by atoms with van der Waals surface area (Å²) in [4.78, 5) is 34.5. The van der Waals surface area contributed by atoms with E-state index in [1.165, 1.54) is 27.7 Å². The standard InChI is InChI=1S/C17H24O10.C3H8O.CH4/c1-8(18)22-10(3)24-14-13(12-7-21-17(5,6)27-12)26-16(20)15(14)25-11(4)23-9(2)19;1-3(2)4;/h10-13H,7H2,1-6H3;3-4H,1-2H3;1H4. The van der Waals surface area contributed by atoms with Crippen molar-refractivity contribution in [1.82, 2.24) is 0 Å². The number of carbonyl (C=O) groups is 3. The van der Waals surface area contributed by atoms with Crippen LogP contribution in [0, 0.1) is 0 Å². The molecule has 2 rings (SSSR count). The van der Waals surface area contributed by atoms with E-state index in [9.17, 15) is 14.4 Å². The van der Waals surface area contributed by atoms with Crippen molar-refractivity contribution in [3.8, 4) is 0 Å². The third-order valence-electron chi connectivity index (χ3n) is 3.51. The summed E-state index contributed by atoms with van der Waals surface area (Å²) >= 11 is 0. The molecule has 11 heteroatoms. The van der Waals surface area contributed by atoms with E-state index in [1.807, 2.05) is 0 Å². The van der Waals surface area contributed by atoms with Crippen LogP contribution in [0.3, 0.4) is 0 Å². The lowest BCUT2D eigenvalue weighted by molar-refractivity contribution is -0.175. The van der Waals surface area contributed by atoms with Gasteiger partial charge in [0.25, 0.3) is 5.76 Å². The molecule has 0 aromatic heterocycles. The molecule has 11 nitrogen and oxygen atoms in total. The Labute approximate surface area is 188 Å². The Kier molecular flexibility index (Phi) is 11.7. The average molecular weight is 465 g/mol. The van der Waals surface area contributed by atoms with E-state index in [-0.39, 0.29) is 31.7 Å². The molecule has 1 fully saturated rings. The topological polar surface area (TPSA) is 136 Å². The summed E-state index contributed by atoms with van der Waals surface area (Å²) in [5.41, 5.74) is 0. The molecule has 32 heavy (non-hydrogen) atoms. The summed E-state index contributed by atoms with van der Waals surface area (Å²) in [6.07, 6.45) is -3.89. The number of esters is 3. The summed E-state index contributed by atoms with van der Waals surface area (Å²) < 4.78 is 37.4. The van der Waals surface area contributed by atoms with Crippen LogP contribution in [0.15, 0.2) is 11.5 Å². The zero-order chi connectivity index (χ0) is 23.9. The molecule has 1 saturated heterocycles. The molecule has 0 radical (unpaired) electrons. The van der Waals surface area contributed by atoms with Gasteiger partial charge in [-0.05, 0) is 27.7 Å². The van der Waals surface area contributed by atoms with Gasteiger partial charge in [-0.3, -0.25) is 9.59 Å². The normalized spacial score (nSPS) is 23.2. The Hall–Kier alpha value is -2.37. The van der Waals surface area contributed by atoms with Crippen molar-refractivity contribution in [2.24, 2.45) is 0 Å². The van der Waals surface area contributed by atoms with Crippen LogP contribution in [-0.2, 0) is 47.5 Å². The molecule has 0 aromatic carbocycles.